The number of unbranched alkanes of at least 4 members (excludes halogenated alkanes) is 2. The molecule has 0 bridgehead atoms. The second-order valence-corrected chi connectivity index (χ2v) is 5.41. The smallest absolute Gasteiger partial charge is 0.191 e. The summed E-state index contributed by atoms with van der Waals surface area (Å²) < 4.78 is 12.9. The quantitative estimate of drug-likeness (QED) is 0.187. The molecule has 0 unspecified atom stereocenters. The molecule has 0 fully saturated rings. The normalized spacial score (nSPS) is 11.2. The number of rotatable bonds is 14. The van der Waals surface area contributed by atoms with Crippen LogP contribution in [-0.2, 0) is 16.0 Å². The molecule has 146 valence electrons. The predicted molar refractivity (Wildman–Crippen MR) is 111 cm³/mol. The average Bonchev–Trinajstić information content (AvgIpc) is 3.11. The van der Waals surface area contributed by atoms with Crippen LogP contribution in [0, 0.1) is 0 Å². The lowest BCUT2D eigenvalue weighted by molar-refractivity contribution is 0.0487. The summed E-state index contributed by atoms with van der Waals surface area (Å²) >= 11 is 0. The van der Waals surface area contributed by atoms with Gasteiger partial charge in [-0.1, -0.05) is 13.3 Å². The molecule has 0 aromatic carbocycles. The summed E-state index contributed by atoms with van der Waals surface area (Å²) in [7, 11) is 1.77. The molecule has 1 rings (SSSR count). The van der Waals surface area contributed by atoms with Crippen molar-refractivity contribution in [1.82, 2.24) is 25.4 Å². The third-order valence-corrected chi connectivity index (χ3v) is 3.38. The van der Waals surface area contributed by atoms with E-state index in [1.54, 1.807) is 19.7 Å². The van der Waals surface area contributed by atoms with Crippen molar-refractivity contribution in [2.75, 3.05) is 46.6 Å². The lowest BCUT2D eigenvalue weighted by Gasteiger charge is -2.12. The molecule has 1 heterocycles. The van der Waals surface area contributed by atoms with Crippen molar-refractivity contribution in [2.24, 2.45) is 4.99 Å². The Kier molecular flexibility index (Phi) is 17.2. The Balaban J connectivity index is 0.00000576. The molecule has 0 saturated carbocycles. The van der Waals surface area contributed by atoms with Gasteiger partial charge in [0, 0.05) is 33.3 Å². The number of aliphatic imine (C=N–C) groups is 1. The first-order valence-corrected chi connectivity index (χ1v) is 8.79. The van der Waals surface area contributed by atoms with E-state index in [9.17, 15) is 0 Å². The van der Waals surface area contributed by atoms with Gasteiger partial charge < -0.3 is 24.7 Å². The maximum atomic E-state index is 5.51. The summed E-state index contributed by atoms with van der Waals surface area (Å²) in [6.45, 7) is 7.49. The maximum absolute atomic E-state index is 5.51. The van der Waals surface area contributed by atoms with Gasteiger partial charge in [-0.3, -0.25) is 4.99 Å². The molecule has 0 aliphatic carbocycles. The van der Waals surface area contributed by atoms with Crippen molar-refractivity contribution in [1.29, 1.82) is 0 Å². The monoisotopic (exact) mass is 468 g/mol. The molecule has 8 nitrogen and oxygen atoms in total. The average molecular weight is 468 g/mol. The van der Waals surface area contributed by atoms with Crippen LogP contribution in [0.1, 0.15) is 32.6 Å². The number of aromatic nitrogens is 3. The lowest BCUT2D eigenvalue weighted by atomic mass is 10.3. The van der Waals surface area contributed by atoms with Crippen LogP contribution in [0.25, 0.3) is 0 Å². The molecule has 0 aliphatic rings. The van der Waals surface area contributed by atoms with Crippen LogP contribution in [0.2, 0.25) is 0 Å². The molecule has 1 aromatic rings. The Morgan fingerprint density at radius 1 is 0.960 bits per heavy atom. The Morgan fingerprint density at radius 2 is 1.64 bits per heavy atom. The van der Waals surface area contributed by atoms with Crippen molar-refractivity contribution in [3.63, 3.8) is 0 Å². The molecule has 9 heteroatoms. The fourth-order valence-electron chi connectivity index (χ4n) is 1.99. The number of guanidine groups is 1. The number of hydrogen-bond acceptors (Lipinski definition) is 5. The van der Waals surface area contributed by atoms with E-state index in [4.69, 9.17) is 9.47 Å². The zero-order valence-corrected chi connectivity index (χ0v) is 17.8. The summed E-state index contributed by atoms with van der Waals surface area (Å²) in [6.07, 6.45) is 7.89. The summed E-state index contributed by atoms with van der Waals surface area (Å²) in [6, 6.07) is 0. The molecular formula is C16H33IN6O2. The van der Waals surface area contributed by atoms with Crippen LogP contribution in [-0.4, -0.2) is 67.3 Å². The van der Waals surface area contributed by atoms with Crippen LogP contribution in [0.3, 0.4) is 0 Å². The Hall–Kier alpha value is -0.940. The van der Waals surface area contributed by atoms with Crippen LogP contribution in [0.15, 0.2) is 17.6 Å². The van der Waals surface area contributed by atoms with E-state index in [2.05, 4.69) is 32.7 Å². The third kappa shape index (κ3) is 14.0. The minimum absolute atomic E-state index is 0. The number of nitrogens with one attached hydrogen (secondary N) is 2. The number of hydrogen-bond donors (Lipinski definition) is 2. The summed E-state index contributed by atoms with van der Waals surface area (Å²) in [5.74, 6) is 0.807. The van der Waals surface area contributed by atoms with E-state index >= 15 is 0 Å². The molecule has 2 N–H and O–H groups in total. The molecule has 1 aromatic heterocycles. The highest BCUT2D eigenvalue weighted by Crippen LogP contribution is 1.92. The van der Waals surface area contributed by atoms with Gasteiger partial charge in [-0.25, -0.2) is 0 Å². The second-order valence-electron chi connectivity index (χ2n) is 5.41. The second kappa shape index (κ2) is 17.9. The fourth-order valence-corrected chi connectivity index (χ4v) is 1.99. The number of halogens is 1. The van der Waals surface area contributed by atoms with E-state index < -0.39 is 0 Å². The number of ether oxygens (including phenoxy) is 2. The Bertz CT molecular complexity index is 417. The molecule has 0 atom stereocenters. The summed E-state index contributed by atoms with van der Waals surface area (Å²) in [4.78, 5) is 4.19. The van der Waals surface area contributed by atoms with Crippen LogP contribution < -0.4 is 10.6 Å². The van der Waals surface area contributed by atoms with E-state index in [1.165, 1.54) is 0 Å². The highest BCUT2D eigenvalue weighted by atomic mass is 127. The van der Waals surface area contributed by atoms with Crippen molar-refractivity contribution in [3.05, 3.63) is 12.7 Å². The molecule has 0 aliphatic heterocycles. The minimum atomic E-state index is 0. The lowest BCUT2D eigenvalue weighted by Crippen LogP contribution is -2.39. The molecule has 0 radical (unpaired) electrons. The highest BCUT2D eigenvalue weighted by molar-refractivity contribution is 14.0. The number of aryl methyl sites for hydroxylation is 1. The van der Waals surface area contributed by atoms with E-state index in [-0.39, 0.29) is 24.0 Å². The highest BCUT2D eigenvalue weighted by Gasteiger charge is 1.97. The minimum Gasteiger partial charge on any atom is -0.379 e. The van der Waals surface area contributed by atoms with Crippen LogP contribution in [0.4, 0.5) is 0 Å². The van der Waals surface area contributed by atoms with Crippen molar-refractivity contribution < 1.29 is 9.47 Å². The van der Waals surface area contributed by atoms with Gasteiger partial charge in [-0.15, -0.1) is 34.2 Å². The van der Waals surface area contributed by atoms with E-state index in [0.29, 0.717) is 19.8 Å². The topological polar surface area (TPSA) is 85.6 Å². The predicted octanol–water partition coefficient (Wildman–Crippen LogP) is 1.67. The first-order valence-electron chi connectivity index (χ1n) is 8.79. The first-order chi connectivity index (χ1) is 11.9. The van der Waals surface area contributed by atoms with Gasteiger partial charge in [0.2, 0.25) is 0 Å². The van der Waals surface area contributed by atoms with Crippen LogP contribution >= 0.6 is 24.0 Å². The first kappa shape index (κ1) is 24.1. The van der Waals surface area contributed by atoms with E-state index in [1.807, 2.05) is 4.57 Å². The fraction of sp³-hybridized carbons (Fsp3) is 0.812. The van der Waals surface area contributed by atoms with E-state index in [0.717, 1.165) is 57.9 Å². The Morgan fingerprint density at radius 3 is 2.32 bits per heavy atom. The summed E-state index contributed by atoms with van der Waals surface area (Å²) in [5.41, 5.74) is 0. The van der Waals surface area contributed by atoms with Gasteiger partial charge in [0.1, 0.15) is 12.7 Å². The molecule has 0 saturated heterocycles. The van der Waals surface area contributed by atoms with Gasteiger partial charge >= 0.3 is 0 Å². The Labute approximate surface area is 168 Å². The van der Waals surface area contributed by atoms with Crippen molar-refractivity contribution in [2.45, 2.75) is 39.2 Å². The third-order valence-electron chi connectivity index (χ3n) is 3.38. The largest absolute Gasteiger partial charge is 0.379 e. The van der Waals surface area contributed by atoms with Gasteiger partial charge in [0.15, 0.2) is 5.96 Å². The molecule has 0 spiro atoms. The number of nitrogens with zero attached hydrogens (tertiary/aromatic N) is 4. The van der Waals surface area contributed by atoms with Crippen LogP contribution in [0.5, 0.6) is 0 Å². The molecular weight excluding hydrogens is 435 g/mol. The zero-order chi connectivity index (χ0) is 17.3. The summed E-state index contributed by atoms with van der Waals surface area (Å²) in [5, 5.41) is 14.1. The SMILES string of the molecule is CCCCOCCOCCNC(=NC)NCCCCn1cnnc1.I. The standard InChI is InChI=1S/C16H32N6O2.HI/c1-3-4-10-23-12-13-24-11-8-19-16(17-2)18-7-5-6-9-22-14-20-21-15-22;/h14-15H,3-13H2,1-2H3,(H2,17,18,19);1H. The maximum Gasteiger partial charge on any atom is 0.191 e. The molecule has 25 heavy (non-hydrogen) atoms. The van der Waals surface area contributed by atoms with Gasteiger partial charge in [0.05, 0.1) is 19.8 Å². The van der Waals surface area contributed by atoms with Gasteiger partial charge in [-0.05, 0) is 19.3 Å². The van der Waals surface area contributed by atoms with Gasteiger partial charge in [-0.2, -0.15) is 0 Å². The van der Waals surface area contributed by atoms with Crippen molar-refractivity contribution in [3.8, 4) is 0 Å². The van der Waals surface area contributed by atoms with Crippen molar-refractivity contribution >= 4 is 29.9 Å². The zero-order valence-electron chi connectivity index (χ0n) is 15.4. The van der Waals surface area contributed by atoms with Gasteiger partial charge in [0.25, 0.3) is 0 Å². The molecule has 0 amide bonds.